The number of rotatable bonds is 3. The number of amides is 2. The molecule has 1 aromatic carbocycles. The standard InChI is InChI=1S/C18H27N3O2/c1-14-7-11-23-12-10-21(14)18(22)19-8-9-20-15(2)13-16-5-3-4-6-17(16)20/h3-6,14-15H,7-13H2,1-2H3,(H,19,22). The Balaban J connectivity index is 1.52. The third-order valence-corrected chi connectivity index (χ3v) is 4.93. The van der Waals surface area contributed by atoms with Crippen LogP contribution in [0.3, 0.4) is 0 Å². The maximum absolute atomic E-state index is 12.4. The number of nitrogens with zero attached hydrogens (tertiary/aromatic N) is 2. The van der Waals surface area contributed by atoms with Crippen LogP contribution in [-0.2, 0) is 11.2 Å². The quantitative estimate of drug-likeness (QED) is 0.930. The van der Waals surface area contributed by atoms with Crippen LogP contribution in [0.4, 0.5) is 10.5 Å². The highest BCUT2D eigenvalue weighted by molar-refractivity contribution is 5.74. The molecule has 0 aliphatic carbocycles. The van der Waals surface area contributed by atoms with Crippen LogP contribution in [-0.4, -0.2) is 55.9 Å². The van der Waals surface area contributed by atoms with Crippen LogP contribution in [0.2, 0.25) is 0 Å². The lowest BCUT2D eigenvalue weighted by molar-refractivity contribution is 0.142. The van der Waals surface area contributed by atoms with Crippen LogP contribution in [0.25, 0.3) is 0 Å². The fourth-order valence-electron chi connectivity index (χ4n) is 3.55. The smallest absolute Gasteiger partial charge is 0.317 e. The molecular weight excluding hydrogens is 290 g/mol. The van der Waals surface area contributed by atoms with Crippen molar-refractivity contribution in [3.8, 4) is 0 Å². The lowest BCUT2D eigenvalue weighted by Gasteiger charge is -2.28. The number of benzene rings is 1. The van der Waals surface area contributed by atoms with Crippen molar-refractivity contribution in [3.63, 3.8) is 0 Å². The molecular formula is C18H27N3O2. The third-order valence-electron chi connectivity index (χ3n) is 4.93. The molecule has 0 saturated carbocycles. The number of carbonyl (C=O) groups excluding carboxylic acids is 1. The first-order chi connectivity index (χ1) is 11.2. The molecule has 5 nitrogen and oxygen atoms in total. The van der Waals surface area contributed by atoms with E-state index < -0.39 is 0 Å². The predicted octanol–water partition coefficient (Wildman–Crippen LogP) is 2.26. The zero-order valence-electron chi connectivity index (χ0n) is 14.1. The van der Waals surface area contributed by atoms with Gasteiger partial charge in [-0.3, -0.25) is 0 Å². The van der Waals surface area contributed by atoms with Crippen LogP contribution in [0.1, 0.15) is 25.8 Å². The summed E-state index contributed by atoms with van der Waals surface area (Å²) in [6, 6.07) is 9.32. The van der Waals surface area contributed by atoms with E-state index in [0.29, 0.717) is 25.7 Å². The minimum atomic E-state index is 0.0307. The van der Waals surface area contributed by atoms with Crippen LogP contribution in [0, 0.1) is 0 Å². The van der Waals surface area contributed by atoms with E-state index in [1.54, 1.807) is 0 Å². The number of urea groups is 1. The molecule has 0 spiro atoms. The van der Waals surface area contributed by atoms with Crippen LogP contribution < -0.4 is 10.2 Å². The number of para-hydroxylation sites is 1. The first kappa shape index (κ1) is 16.1. The van der Waals surface area contributed by atoms with Gasteiger partial charge in [-0.1, -0.05) is 18.2 Å². The molecule has 5 heteroatoms. The number of ether oxygens (including phenoxy) is 1. The number of carbonyl (C=O) groups is 1. The van der Waals surface area contributed by atoms with Gasteiger partial charge in [-0.25, -0.2) is 4.79 Å². The van der Waals surface area contributed by atoms with Crippen molar-refractivity contribution in [1.82, 2.24) is 10.2 Å². The second kappa shape index (κ2) is 7.21. The van der Waals surface area contributed by atoms with Gasteiger partial charge in [0.25, 0.3) is 0 Å². The molecule has 2 aliphatic rings. The molecule has 0 radical (unpaired) electrons. The van der Waals surface area contributed by atoms with E-state index in [2.05, 4.69) is 48.3 Å². The van der Waals surface area contributed by atoms with E-state index in [0.717, 1.165) is 26.0 Å². The van der Waals surface area contributed by atoms with Gasteiger partial charge in [0, 0.05) is 44.0 Å². The number of nitrogens with one attached hydrogen (secondary N) is 1. The van der Waals surface area contributed by atoms with Gasteiger partial charge in [-0.05, 0) is 38.3 Å². The number of fused-ring (bicyclic) bond motifs is 1. The summed E-state index contributed by atoms with van der Waals surface area (Å²) >= 11 is 0. The lowest BCUT2D eigenvalue weighted by atomic mass is 10.1. The van der Waals surface area contributed by atoms with E-state index in [-0.39, 0.29) is 12.1 Å². The van der Waals surface area contributed by atoms with Crippen molar-refractivity contribution in [3.05, 3.63) is 29.8 Å². The largest absolute Gasteiger partial charge is 0.380 e. The van der Waals surface area contributed by atoms with E-state index in [1.807, 2.05) is 4.90 Å². The molecule has 1 fully saturated rings. The van der Waals surface area contributed by atoms with Gasteiger partial charge in [-0.2, -0.15) is 0 Å². The Labute approximate surface area is 138 Å². The Kier molecular flexibility index (Phi) is 5.06. The summed E-state index contributed by atoms with van der Waals surface area (Å²) < 4.78 is 5.45. The molecule has 1 N–H and O–H groups in total. The molecule has 2 unspecified atom stereocenters. The normalized spacial score (nSPS) is 24.3. The molecule has 2 heterocycles. The number of anilines is 1. The van der Waals surface area contributed by atoms with Crippen LogP contribution >= 0.6 is 0 Å². The molecule has 126 valence electrons. The summed E-state index contributed by atoms with van der Waals surface area (Å²) in [7, 11) is 0. The molecule has 1 aromatic rings. The Hall–Kier alpha value is -1.75. The van der Waals surface area contributed by atoms with Crippen LogP contribution in [0.5, 0.6) is 0 Å². The van der Waals surface area contributed by atoms with Crippen molar-refractivity contribution in [1.29, 1.82) is 0 Å². The molecule has 2 aliphatic heterocycles. The van der Waals surface area contributed by atoms with Gasteiger partial charge < -0.3 is 19.9 Å². The number of hydrogen-bond acceptors (Lipinski definition) is 3. The first-order valence-electron chi connectivity index (χ1n) is 8.63. The van der Waals surface area contributed by atoms with Gasteiger partial charge in [0.15, 0.2) is 0 Å². The SMILES string of the molecule is CC1CCOCCN1C(=O)NCCN1c2ccccc2CC1C. The molecule has 23 heavy (non-hydrogen) atoms. The van der Waals surface area contributed by atoms with Gasteiger partial charge in [0.1, 0.15) is 0 Å². The molecule has 0 bridgehead atoms. The van der Waals surface area contributed by atoms with Crippen molar-refractivity contribution >= 4 is 11.7 Å². The maximum Gasteiger partial charge on any atom is 0.317 e. The second-order valence-electron chi connectivity index (χ2n) is 6.55. The highest BCUT2D eigenvalue weighted by atomic mass is 16.5. The fraction of sp³-hybridized carbons (Fsp3) is 0.611. The van der Waals surface area contributed by atoms with Crippen molar-refractivity contribution in [2.75, 3.05) is 37.7 Å². The zero-order chi connectivity index (χ0) is 16.2. The topological polar surface area (TPSA) is 44.8 Å². The Morgan fingerprint density at radius 3 is 2.96 bits per heavy atom. The molecule has 2 atom stereocenters. The summed E-state index contributed by atoms with van der Waals surface area (Å²) in [5, 5.41) is 3.08. The highest BCUT2D eigenvalue weighted by Crippen LogP contribution is 2.31. The molecule has 1 saturated heterocycles. The number of hydrogen-bond donors (Lipinski definition) is 1. The Morgan fingerprint density at radius 1 is 1.26 bits per heavy atom. The predicted molar refractivity (Wildman–Crippen MR) is 92.0 cm³/mol. The Morgan fingerprint density at radius 2 is 2.09 bits per heavy atom. The van der Waals surface area contributed by atoms with E-state index in [9.17, 15) is 4.79 Å². The summed E-state index contributed by atoms with van der Waals surface area (Å²) in [4.78, 5) is 16.7. The average Bonchev–Trinajstić information content (AvgIpc) is 2.70. The minimum absolute atomic E-state index is 0.0307. The average molecular weight is 317 g/mol. The molecule has 2 amide bonds. The second-order valence-corrected chi connectivity index (χ2v) is 6.55. The van der Waals surface area contributed by atoms with Gasteiger partial charge >= 0.3 is 6.03 Å². The lowest BCUT2D eigenvalue weighted by Crippen LogP contribution is -2.47. The third kappa shape index (κ3) is 3.61. The summed E-state index contributed by atoms with van der Waals surface area (Å²) in [5.74, 6) is 0. The molecule has 3 rings (SSSR count). The minimum Gasteiger partial charge on any atom is -0.380 e. The van der Waals surface area contributed by atoms with Gasteiger partial charge in [0.2, 0.25) is 0 Å². The summed E-state index contributed by atoms with van der Waals surface area (Å²) in [6.45, 7) is 7.91. The van der Waals surface area contributed by atoms with Crippen LogP contribution in [0.15, 0.2) is 24.3 Å². The molecule has 0 aromatic heterocycles. The van der Waals surface area contributed by atoms with Gasteiger partial charge in [0.05, 0.1) is 6.61 Å². The van der Waals surface area contributed by atoms with Crippen molar-refractivity contribution in [2.45, 2.75) is 38.8 Å². The van der Waals surface area contributed by atoms with E-state index in [4.69, 9.17) is 4.74 Å². The maximum atomic E-state index is 12.4. The monoisotopic (exact) mass is 317 g/mol. The Bertz CT molecular complexity index is 549. The first-order valence-corrected chi connectivity index (χ1v) is 8.63. The fourth-order valence-corrected chi connectivity index (χ4v) is 3.55. The summed E-state index contributed by atoms with van der Waals surface area (Å²) in [6.07, 6.45) is 1.99. The van der Waals surface area contributed by atoms with E-state index in [1.165, 1.54) is 11.3 Å². The summed E-state index contributed by atoms with van der Waals surface area (Å²) in [5.41, 5.74) is 2.72. The highest BCUT2D eigenvalue weighted by Gasteiger charge is 2.26. The zero-order valence-corrected chi connectivity index (χ0v) is 14.1. The van der Waals surface area contributed by atoms with Gasteiger partial charge in [-0.15, -0.1) is 0 Å². The van der Waals surface area contributed by atoms with E-state index >= 15 is 0 Å². The van der Waals surface area contributed by atoms with Crippen molar-refractivity contribution in [2.24, 2.45) is 0 Å². The van der Waals surface area contributed by atoms with Crippen molar-refractivity contribution < 1.29 is 9.53 Å².